The molecule has 5 rings (SSSR count). The highest BCUT2D eigenvalue weighted by atomic mass is 19.4. The van der Waals surface area contributed by atoms with E-state index in [1.54, 1.807) is 6.07 Å². The number of benzene rings is 1. The molecular weight excluding hydrogens is 404 g/mol. The van der Waals surface area contributed by atoms with Crippen molar-refractivity contribution in [3.05, 3.63) is 59.2 Å². The van der Waals surface area contributed by atoms with Crippen LogP contribution in [0.3, 0.4) is 0 Å². The number of amides is 1. The molecule has 3 heterocycles. The molecule has 5 nitrogen and oxygen atoms in total. The maximum Gasteiger partial charge on any atom is 0.416 e. The summed E-state index contributed by atoms with van der Waals surface area (Å²) in [6, 6.07) is 6.17. The molecule has 2 aliphatic heterocycles. The number of aryl methyl sites for hydroxylation is 1. The molecule has 1 aliphatic carbocycles. The van der Waals surface area contributed by atoms with Crippen molar-refractivity contribution in [3.8, 4) is 0 Å². The highest BCUT2D eigenvalue weighted by molar-refractivity contribution is 6.01. The van der Waals surface area contributed by atoms with Crippen molar-refractivity contribution in [2.75, 3.05) is 5.32 Å². The minimum absolute atomic E-state index is 0.0340. The molecule has 1 aromatic heterocycles. The first-order valence-electron chi connectivity index (χ1n) is 9.54. The van der Waals surface area contributed by atoms with Gasteiger partial charge in [-0.25, -0.2) is 4.98 Å². The SMILES string of the molecule is Cc1cc(NC(=O)[C@]23C[C@@]2(c2ccnc(F)c2)[C@H]2O[C@@H]3C[C@@H]2O)cc(C(F)(F)F)c1. The third kappa shape index (κ3) is 2.48. The van der Waals surface area contributed by atoms with E-state index >= 15 is 0 Å². The fourth-order valence-corrected chi connectivity index (χ4v) is 5.47. The van der Waals surface area contributed by atoms with E-state index in [0.717, 1.165) is 12.1 Å². The van der Waals surface area contributed by atoms with E-state index in [4.69, 9.17) is 4.74 Å². The molecule has 2 N–H and O–H groups in total. The molecule has 0 radical (unpaired) electrons. The Morgan fingerprint density at radius 3 is 2.77 bits per heavy atom. The number of hydrogen-bond donors (Lipinski definition) is 2. The summed E-state index contributed by atoms with van der Waals surface area (Å²) in [4.78, 5) is 16.9. The van der Waals surface area contributed by atoms with Crippen molar-refractivity contribution in [1.29, 1.82) is 0 Å². The van der Waals surface area contributed by atoms with E-state index in [2.05, 4.69) is 10.3 Å². The Hall–Kier alpha value is -2.52. The van der Waals surface area contributed by atoms with Gasteiger partial charge in [0.05, 0.1) is 29.3 Å². The predicted molar refractivity (Wildman–Crippen MR) is 97.0 cm³/mol. The van der Waals surface area contributed by atoms with Crippen molar-refractivity contribution in [1.82, 2.24) is 4.98 Å². The van der Waals surface area contributed by atoms with Crippen LogP contribution in [0.4, 0.5) is 23.2 Å². The number of halogens is 4. The molecule has 0 unspecified atom stereocenters. The predicted octanol–water partition coefficient (Wildman–Crippen LogP) is 3.35. The van der Waals surface area contributed by atoms with Crippen LogP contribution in [0.25, 0.3) is 0 Å². The summed E-state index contributed by atoms with van der Waals surface area (Å²) in [6.07, 6.45) is -4.77. The number of carbonyl (C=O) groups is 1. The zero-order chi connectivity index (χ0) is 21.5. The van der Waals surface area contributed by atoms with Crippen molar-refractivity contribution in [3.63, 3.8) is 0 Å². The van der Waals surface area contributed by atoms with Gasteiger partial charge in [0.1, 0.15) is 0 Å². The van der Waals surface area contributed by atoms with E-state index in [0.29, 0.717) is 17.5 Å². The zero-order valence-corrected chi connectivity index (χ0v) is 15.8. The molecule has 2 aromatic rings. The largest absolute Gasteiger partial charge is 0.416 e. The molecule has 3 fully saturated rings. The molecule has 5 atom stereocenters. The van der Waals surface area contributed by atoms with E-state index in [-0.39, 0.29) is 12.1 Å². The molecule has 2 bridgehead atoms. The Kier molecular flexibility index (Phi) is 3.90. The van der Waals surface area contributed by atoms with Crippen molar-refractivity contribution in [2.45, 2.75) is 49.7 Å². The molecule has 1 saturated carbocycles. The molecule has 0 spiro atoms. The van der Waals surface area contributed by atoms with Gasteiger partial charge in [-0.1, -0.05) is 0 Å². The summed E-state index contributed by atoms with van der Waals surface area (Å²) in [5, 5.41) is 13.0. The fourth-order valence-electron chi connectivity index (χ4n) is 5.47. The summed E-state index contributed by atoms with van der Waals surface area (Å²) in [6.45, 7) is 1.52. The number of rotatable bonds is 3. The Morgan fingerprint density at radius 2 is 2.07 bits per heavy atom. The summed E-state index contributed by atoms with van der Waals surface area (Å²) in [5.41, 5.74) is -1.97. The normalized spacial score (nSPS) is 34.0. The average Bonchev–Trinajstić information content (AvgIpc) is 3.14. The van der Waals surface area contributed by atoms with Crippen LogP contribution in [0, 0.1) is 18.3 Å². The van der Waals surface area contributed by atoms with Crippen molar-refractivity contribution in [2.24, 2.45) is 5.41 Å². The molecular formula is C21H18F4N2O3. The van der Waals surface area contributed by atoms with Gasteiger partial charge in [-0.2, -0.15) is 17.6 Å². The van der Waals surface area contributed by atoms with E-state index < -0.39 is 52.7 Å². The minimum atomic E-state index is -4.54. The number of ether oxygens (including phenoxy) is 1. The van der Waals surface area contributed by atoms with Gasteiger partial charge in [0, 0.05) is 23.7 Å². The topological polar surface area (TPSA) is 71.5 Å². The van der Waals surface area contributed by atoms with Crippen molar-refractivity contribution >= 4 is 11.6 Å². The van der Waals surface area contributed by atoms with Crippen LogP contribution in [-0.2, 0) is 21.1 Å². The third-order valence-corrected chi connectivity index (χ3v) is 6.69. The number of aliphatic hydroxyl groups is 1. The van der Waals surface area contributed by atoms with E-state index in [1.807, 2.05) is 0 Å². The first-order valence-corrected chi connectivity index (χ1v) is 9.54. The number of pyridine rings is 1. The molecule has 1 amide bonds. The van der Waals surface area contributed by atoms with Crippen molar-refractivity contribution < 1.29 is 32.2 Å². The minimum Gasteiger partial charge on any atom is -0.390 e. The summed E-state index contributed by atoms with van der Waals surface area (Å²) in [7, 11) is 0. The second-order valence-corrected chi connectivity index (χ2v) is 8.37. The number of nitrogens with zero attached hydrogens (tertiary/aromatic N) is 1. The number of aliphatic hydroxyl groups excluding tert-OH is 1. The number of carbonyl (C=O) groups excluding carboxylic acids is 1. The van der Waals surface area contributed by atoms with Crippen LogP contribution in [0.1, 0.15) is 29.5 Å². The maximum absolute atomic E-state index is 13.8. The number of aromatic nitrogens is 1. The number of fused-ring (bicyclic) bond motifs is 5. The number of hydrogen-bond acceptors (Lipinski definition) is 4. The summed E-state index contributed by atoms with van der Waals surface area (Å²) in [5.74, 6) is -1.20. The van der Waals surface area contributed by atoms with Gasteiger partial charge in [0.25, 0.3) is 0 Å². The van der Waals surface area contributed by atoms with Crippen LogP contribution in [0.2, 0.25) is 0 Å². The first kappa shape index (κ1) is 19.4. The van der Waals surface area contributed by atoms with E-state index in [9.17, 15) is 27.5 Å². The zero-order valence-electron chi connectivity index (χ0n) is 15.8. The molecule has 1 aromatic carbocycles. The average molecular weight is 422 g/mol. The Balaban J connectivity index is 1.51. The van der Waals surface area contributed by atoms with Gasteiger partial charge in [-0.15, -0.1) is 0 Å². The van der Waals surface area contributed by atoms with Crippen LogP contribution >= 0.6 is 0 Å². The van der Waals surface area contributed by atoms with Gasteiger partial charge in [-0.05, 0) is 54.8 Å². The Morgan fingerprint density at radius 1 is 1.30 bits per heavy atom. The molecule has 30 heavy (non-hydrogen) atoms. The lowest BCUT2D eigenvalue weighted by atomic mass is 9.74. The lowest BCUT2D eigenvalue weighted by Gasteiger charge is -2.29. The number of nitrogens with one attached hydrogen (secondary N) is 1. The van der Waals surface area contributed by atoms with Crippen LogP contribution in [-0.4, -0.2) is 34.3 Å². The van der Waals surface area contributed by atoms with Gasteiger partial charge < -0.3 is 15.2 Å². The standard InChI is InChI=1S/C21H18F4N2O3/c1-10-4-12(21(23,24)25)6-13(5-10)27-18(29)20-9-19(20,11-2-3-26-16(22)7-11)17-14(28)8-15(20)30-17/h2-7,14-15,17,28H,8-9H2,1H3,(H,27,29)/t14-,15+,17-,19+,20+/m0/s1. The van der Waals surface area contributed by atoms with Gasteiger partial charge in [-0.3, -0.25) is 4.79 Å². The lowest BCUT2D eigenvalue weighted by Crippen LogP contribution is -2.44. The summed E-state index contributed by atoms with van der Waals surface area (Å²) >= 11 is 0. The summed E-state index contributed by atoms with van der Waals surface area (Å²) < 4.78 is 59.1. The second kappa shape index (κ2) is 6.01. The van der Waals surface area contributed by atoms with Crippen LogP contribution in [0.15, 0.2) is 36.5 Å². The maximum atomic E-state index is 13.8. The highest BCUT2D eigenvalue weighted by Crippen LogP contribution is 2.77. The Bertz CT molecular complexity index is 1060. The smallest absolute Gasteiger partial charge is 0.390 e. The molecule has 3 aliphatic rings. The van der Waals surface area contributed by atoms with E-state index in [1.165, 1.54) is 25.3 Å². The lowest BCUT2D eigenvalue weighted by molar-refractivity contribution is -0.137. The van der Waals surface area contributed by atoms with Gasteiger partial charge in [0.15, 0.2) is 0 Å². The van der Waals surface area contributed by atoms with Gasteiger partial charge >= 0.3 is 6.18 Å². The fraction of sp³-hybridized carbons (Fsp3) is 0.429. The second-order valence-electron chi connectivity index (χ2n) is 8.37. The number of anilines is 1. The highest BCUT2D eigenvalue weighted by Gasteiger charge is 2.87. The third-order valence-electron chi connectivity index (χ3n) is 6.69. The van der Waals surface area contributed by atoms with Crippen LogP contribution in [0.5, 0.6) is 0 Å². The van der Waals surface area contributed by atoms with Crippen LogP contribution < -0.4 is 5.32 Å². The molecule has 9 heteroatoms. The number of alkyl halides is 3. The monoisotopic (exact) mass is 422 g/mol. The Labute approximate surface area is 169 Å². The first-order chi connectivity index (χ1) is 14.1. The molecule has 158 valence electrons. The molecule has 2 saturated heterocycles. The van der Waals surface area contributed by atoms with Gasteiger partial charge in [0.2, 0.25) is 11.9 Å². The quantitative estimate of drug-likeness (QED) is 0.588.